The molecular weight excluding hydrogens is 284 g/mol. The maximum atomic E-state index is 12.1. The molecule has 0 saturated heterocycles. The van der Waals surface area contributed by atoms with Crippen LogP contribution in [0.1, 0.15) is 15.9 Å². The van der Waals surface area contributed by atoms with Crippen LogP contribution >= 0.6 is 0 Å². The molecule has 0 spiro atoms. The fraction of sp³-hybridized carbons (Fsp3) is 0.125. The number of nitrogens with two attached hydrogens (primary N) is 1. The van der Waals surface area contributed by atoms with E-state index in [1.54, 1.807) is 24.3 Å². The van der Waals surface area contributed by atoms with Gasteiger partial charge in [-0.1, -0.05) is 6.07 Å². The molecule has 0 aromatic heterocycles. The molecule has 0 aliphatic carbocycles. The van der Waals surface area contributed by atoms with Gasteiger partial charge < -0.3 is 20.5 Å². The maximum Gasteiger partial charge on any atom is 0.343 e. The largest absolute Gasteiger partial charge is 0.493 e. The van der Waals surface area contributed by atoms with Crippen molar-refractivity contribution < 1.29 is 19.1 Å². The molecule has 22 heavy (non-hydrogen) atoms. The first-order chi connectivity index (χ1) is 10.5. The summed E-state index contributed by atoms with van der Waals surface area (Å²) in [5.74, 6) is 0.311. The number of aryl methyl sites for hydroxylation is 1. The minimum Gasteiger partial charge on any atom is -0.493 e. The molecule has 0 fully saturated rings. The summed E-state index contributed by atoms with van der Waals surface area (Å²) in [6.07, 6.45) is 0. The van der Waals surface area contributed by atoms with Crippen LogP contribution < -0.4 is 20.5 Å². The van der Waals surface area contributed by atoms with Crippen LogP contribution in [0.3, 0.4) is 0 Å². The van der Waals surface area contributed by atoms with Gasteiger partial charge in [-0.05, 0) is 48.9 Å². The molecule has 0 aliphatic rings. The van der Waals surface area contributed by atoms with Crippen LogP contribution in [0.15, 0.2) is 42.5 Å². The third-order valence-corrected chi connectivity index (χ3v) is 2.91. The highest BCUT2D eigenvalue weighted by Gasteiger charge is 2.12. The maximum absolute atomic E-state index is 12.1. The van der Waals surface area contributed by atoms with Crippen molar-refractivity contribution in [1.82, 2.24) is 0 Å². The van der Waals surface area contributed by atoms with Crippen LogP contribution in [0.4, 0.5) is 10.5 Å². The number of esters is 1. The van der Waals surface area contributed by atoms with Gasteiger partial charge in [-0.3, -0.25) is 0 Å². The average molecular weight is 300 g/mol. The number of benzene rings is 2. The van der Waals surface area contributed by atoms with E-state index in [4.69, 9.17) is 15.2 Å². The second kappa shape index (κ2) is 6.62. The molecule has 2 amide bonds. The molecule has 3 N–H and O–H groups in total. The first kappa shape index (κ1) is 15.4. The molecule has 6 nitrogen and oxygen atoms in total. The molecular formula is C16H16N2O4. The predicted octanol–water partition coefficient (Wildman–Crippen LogP) is 2.71. The van der Waals surface area contributed by atoms with Gasteiger partial charge in [0.15, 0.2) is 11.5 Å². The second-order valence-corrected chi connectivity index (χ2v) is 4.61. The Morgan fingerprint density at radius 1 is 1.05 bits per heavy atom. The number of methoxy groups -OCH3 is 1. The van der Waals surface area contributed by atoms with Gasteiger partial charge in [-0.15, -0.1) is 0 Å². The van der Waals surface area contributed by atoms with Crippen molar-refractivity contribution in [3.63, 3.8) is 0 Å². The van der Waals surface area contributed by atoms with E-state index in [2.05, 4.69) is 5.32 Å². The Bertz CT molecular complexity index is 696. The second-order valence-electron chi connectivity index (χ2n) is 4.61. The van der Waals surface area contributed by atoms with Crippen LogP contribution in [0.5, 0.6) is 11.5 Å². The first-order valence-electron chi connectivity index (χ1n) is 6.53. The Morgan fingerprint density at radius 2 is 1.73 bits per heavy atom. The number of anilines is 1. The van der Waals surface area contributed by atoms with Crippen LogP contribution in [0, 0.1) is 6.92 Å². The van der Waals surface area contributed by atoms with Crippen molar-refractivity contribution >= 4 is 17.7 Å². The molecule has 0 aliphatic heterocycles. The molecule has 0 atom stereocenters. The van der Waals surface area contributed by atoms with Crippen molar-refractivity contribution in [2.75, 3.05) is 12.4 Å². The molecule has 2 aromatic rings. The summed E-state index contributed by atoms with van der Waals surface area (Å²) >= 11 is 0. The molecule has 0 bridgehead atoms. The highest BCUT2D eigenvalue weighted by Crippen LogP contribution is 2.28. The molecule has 0 unspecified atom stereocenters. The number of ether oxygens (including phenoxy) is 2. The van der Waals surface area contributed by atoms with Crippen molar-refractivity contribution in [3.05, 3.63) is 53.6 Å². The van der Waals surface area contributed by atoms with Gasteiger partial charge in [-0.2, -0.15) is 0 Å². The predicted molar refractivity (Wildman–Crippen MR) is 82.3 cm³/mol. The van der Waals surface area contributed by atoms with E-state index in [1.165, 1.54) is 19.2 Å². The van der Waals surface area contributed by atoms with Crippen LogP contribution in [0.2, 0.25) is 0 Å². The average Bonchev–Trinajstić information content (AvgIpc) is 2.49. The van der Waals surface area contributed by atoms with Gasteiger partial charge in [-0.25, -0.2) is 9.59 Å². The summed E-state index contributed by atoms with van der Waals surface area (Å²) in [6.45, 7) is 1.92. The number of urea groups is 1. The number of carbonyl (C=O) groups is 2. The number of hydrogen-bond donors (Lipinski definition) is 2. The summed E-state index contributed by atoms with van der Waals surface area (Å²) in [6, 6.07) is 10.8. The Labute approximate surface area is 127 Å². The molecule has 6 heteroatoms. The minimum atomic E-state index is -0.667. The topological polar surface area (TPSA) is 90.7 Å². The third-order valence-electron chi connectivity index (χ3n) is 2.91. The van der Waals surface area contributed by atoms with E-state index in [-0.39, 0.29) is 0 Å². The molecule has 2 rings (SSSR count). The number of carbonyl (C=O) groups excluding carboxylic acids is 2. The van der Waals surface area contributed by atoms with E-state index in [0.29, 0.717) is 22.7 Å². The Hall–Kier alpha value is -3.02. The zero-order valence-electron chi connectivity index (χ0n) is 12.3. The molecule has 0 heterocycles. The fourth-order valence-corrected chi connectivity index (χ4v) is 1.85. The quantitative estimate of drug-likeness (QED) is 0.671. The number of primary amides is 1. The van der Waals surface area contributed by atoms with Crippen LogP contribution in [-0.4, -0.2) is 19.1 Å². The summed E-state index contributed by atoms with van der Waals surface area (Å²) in [5.41, 5.74) is 6.85. The molecule has 0 saturated carbocycles. The van der Waals surface area contributed by atoms with Gasteiger partial charge in [0.05, 0.1) is 12.7 Å². The Balaban J connectivity index is 2.14. The standard InChI is InChI=1S/C16H16N2O4/c1-10-3-8-13(14(9-10)21-2)22-15(19)11-4-6-12(7-5-11)18-16(17)20/h3-9H,1-2H3,(H3,17,18,20). The third kappa shape index (κ3) is 3.76. The lowest BCUT2D eigenvalue weighted by Gasteiger charge is -2.10. The summed E-state index contributed by atoms with van der Waals surface area (Å²) in [7, 11) is 1.51. The fourth-order valence-electron chi connectivity index (χ4n) is 1.85. The van der Waals surface area contributed by atoms with Crippen LogP contribution in [0.25, 0.3) is 0 Å². The van der Waals surface area contributed by atoms with E-state index in [0.717, 1.165) is 5.56 Å². The van der Waals surface area contributed by atoms with E-state index < -0.39 is 12.0 Å². The first-order valence-corrected chi connectivity index (χ1v) is 6.53. The van der Waals surface area contributed by atoms with Gasteiger partial charge in [0.2, 0.25) is 0 Å². The summed E-state index contributed by atoms with van der Waals surface area (Å²) < 4.78 is 10.5. The van der Waals surface area contributed by atoms with E-state index in [1.807, 2.05) is 13.0 Å². The van der Waals surface area contributed by atoms with Gasteiger partial charge in [0, 0.05) is 5.69 Å². The SMILES string of the molecule is COc1cc(C)ccc1OC(=O)c1ccc(NC(N)=O)cc1. The van der Waals surface area contributed by atoms with Crippen molar-refractivity contribution in [2.24, 2.45) is 5.73 Å². The number of rotatable bonds is 4. The zero-order valence-corrected chi connectivity index (χ0v) is 12.3. The highest BCUT2D eigenvalue weighted by atomic mass is 16.6. The number of amides is 2. The normalized spacial score (nSPS) is 9.91. The van der Waals surface area contributed by atoms with Crippen molar-refractivity contribution in [2.45, 2.75) is 6.92 Å². The van der Waals surface area contributed by atoms with Crippen molar-refractivity contribution in [1.29, 1.82) is 0 Å². The monoisotopic (exact) mass is 300 g/mol. The number of nitrogens with one attached hydrogen (secondary N) is 1. The Kier molecular flexibility index (Phi) is 4.63. The Morgan fingerprint density at radius 3 is 2.32 bits per heavy atom. The molecule has 2 aromatic carbocycles. The van der Waals surface area contributed by atoms with Crippen molar-refractivity contribution in [3.8, 4) is 11.5 Å². The summed E-state index contributed by atoms with van der Waals surface area (Å²) in [5, 5.41) is 2.41. The lowest BCUT2D eigenvalue weighted by molar-refractivity contribution is 0.0729. The summed E-state index contributed by atoms with van der Waals surface area (Å²) in [4.78, 5) is 22.8. The van der Waals surface area contributed by atoms with Gasteiger partial charge in [0.25, 0.3) is 0 Å². The highest BCUT2D eigenvalue weighted by molar-refractivity contribution is 5.93. The van der Waals surface area contributed by atoms with Gasteiger partial charge >= 0.3 is 12.0 Å². The lowest BCUT2D eigenvalue weighted by atomic mass is 10.2. The van der Waals surface area contributed by atoms with Crippen LogP contribution in [-0.2, 0) is 0 Å². The van der Waals surface area contributed by atoms with E-state index in [9.17, 15) is 9.59 Å². The molecule has 0 radical (unpaired) electrons. The zero-order chi connectivity index (χ0) is 16.1. The minimum absolute atomic E-state index is 0.345. The van der Waals surface area contributed by atoms with E-state index >= 15 is 0 Å². The lowest BCUT2D eigenvalue weighted by Crippen LogP contribution is -2.19. The van der Waals surface area contributed by atoms with Gasteiger partial charge in [0.1, 0.15) is 0 Å². The molecule has 114 valence electrons. The smallest absolute Gasteiger partial charge is 0.343 e. The number of hydrogen-bond acceptors (Lipinski definition) is 4.